The molecule has 20 heavy (non-hydrogen) atoms. The summed E-state index contributed by atoms with van der Waals surface area (Å²) in [4.78, 5) is 20.6. The Morgan fingerprint density at radius 1 is 1.35 bits per heavy atom. The number of carbonyl (C=O) groups is 1. The number of halogens is 1. The first-order chi connectivity index (χ1) is 9.69. The third-order valence-corrected chi connectivity index (χ3v) is 4.32. The molecule has 0 amide bonds. The van der Waals surface area contributed by atoms with Crippen LogP contribution in [0.2, 0.25) is 0 Å². The van der Waals surface area contributed by atoms with E-state index in [1.165, 1.54) is 4.68 Å². The lowest BCUT2D eigenvalue weighted by Gasteiger charge is -1.97. The van der Waals surface area contributed by atoms with Gasteiger partial charge in [-0.15, -0.1) is 11.3 Å². The molecule has 3 heterocycles. The van der Waals surface area contributed by atoms with E-state index in [1.807, 2.05) is 13.0 Å². The Morgan fingerprint density at radius 3 is 2.70 bits per heavy atom. The second-order valence-electron chi connectivity index (χ2n) is 4.06. The van der Waals surface area contributed by atoms with E-state index >= 15 is 0 Å². The molecule has 3 rings (SSSR count). The van der Waals surface area contributed by atoms with Crippen molar-refractivity contribution in [3.8, 4) is 17.2 Å². The maximum absolute atomic E-state index is 11.3. The van der Waals surface area contributed by atoms with Crippen molar-refractivity contribution in [2.75, 3.05) is 0 Å². The summed E-state index contributed by atoms with van der Waals surface area (Å²) < 4.78 is 2.52. The molecular weight excluding hydrogens is 340 g/mol. The fourth-order valence-corrected chi connectivity index (χ4v) is 3.57. The van der Waals surface area contributed by atoms with Gasteiger partial charge in [0.1, 0.15) is 5.69 Å². The topological polar surface area (TPSA) is 60.7 Å². The van der Waals surface area contributed by atoms with Gasteiger partial charge in [0.2, 0.25) is 5.95 Å². The lowest BCUT2D eigenvalue weighted by Crippen LogP contribution is -2.00. The number of aryl methyl sites for hydroxylation is 1. The lowest BCUT2D eigenvalue weighted by molar-refractivity contribution is 0.112. The minimum atomic E-state index is 0.439. The largest absolute Gasteiger partial charge is 0.298 e. The van der Waals surface area contributed by atoms with E-state index in [2.05, 4.69) is 31.0 Å². The van der Waals surface area contributed by atoms with Gasteiger partial charge in [-0.05, 0) is 35.0 Å². The van der Waals surface area contributed by atoms with Gasteiger partial charge in [-0.2, -0.15) is 5.10 Å². The van der Waals surface area contributed by atoms with Crippen molar-refractivity contribution >= 4 is 33.6 Å². The third-order valence-electron chi connectivity index (χ3n) is 2.77. The molecule has 3 aromatic heterocycles. The summed E-state index contributed by atoms with van der Waals surface area (Å²) in [6, 6.07) is 3.69. The van der Waals surface area contributed by atoms with Gasteiger partial charge in [0.25, 0.3) is 0 Å². The number of hydrogen-bond donors (Lipinski definition) is 0. The molecule has 0 aliphatic carbocycles. The molecule has 0 aliphatic rings. The Hall–Kier alpha value is -1.86. The van der Waals surface area contributed by atoms with Gasteiger partial charge in [0, 0.05) is 29.0 Å². The van der Waals surface area contributed by atoms with Crippen LogP contribution in [0.4, 0.5) is 0 Å². The highest BCUT2D eigenvalue weighted by atomic mass is 79.9. The molecule has 0 radical (unpaired) electrons. The zero-order chi connectivity index (χ0) is 14.1. The average Bonchev–Trinajstić information content (AvgIpc) is 3.02. The number of rotatable bonds is 3. The zero-order valence-corrected chi connectivity index (χ0v) is 12.8. The Labute approximate surface area is 127 Å². The summed E-state index contributed by atoms with van der Waals surface area (Å²) in [6.45, 7) is 2.00. The highest BCUT2D eigenvalue weighted by Gasteiger charge is 2.16. The number of hydrogen-bond acceptors (Lipinski definition) is 5. The minimum Gasteiger partial charge on any atom is -0.298 e. The predicted molar refractivity (Wildman–Crippen MR) is 80.3 cm³/mol. The van der Waals surface area contributed by atoms with E-state index in [1.54, 1.807) is 36.0 Å². The molecule has 0 bridgehead atoms. The maximum Gasteiger partial charge on any atom is 0.250 e. The zero-order valence-electron chi connectivity index (χ0n) is 10.4. The Morgan fingerprint density at radius 2 is 2.10 bits per heavy atom. The SMILES string of the molecule is Cc1sc(Br)cc1-c1nn(-c2ncccn2)cc1C=O. The van der Waals surface area contributed by atoms with Gasteiger partial charge < -0.3 is 0 Å². The van der Waals surface area contributed by atoms with Gasteiger partial charge in [-0.25, -0.2) is 14.6 Å². The minimum absolute atomic E-state index is 0.439. The van der Waals surface area contributed by atoms with Gasteiger partial charge >= 0.3 is 0 Å². The van der Waals surface area contributed by atoms with Crippen LogP contribution in [0.1, 0.15) is 15.2 Å². The van der Waals surface area contributed by atoms with E-state index < -0.39 is 0 Å². The number of aromatic nitrogens is 4. The smallest absolute Gasteiger partial charge is 0.250 e. The molecule has 0 saturated heterocycles. The summed E-state index contributed by atoms with van der Waals surface area (Å²) >= 11 is 5.06. The summed E-state index contributed by atoms with van der Waals surface area (Å²) in [5, 5.41) is 4.44. The fourth-order valence-electron chi connectivity index (χ4n) is 1.88. The predicted octanol–water partition coefficient (Wildman–Crippen LogP) is 3.27. The van der Waals surface area contributed by atoms with E-state index in [-0.39, 0.29) is 0 Å². The number of aldehydes is 1. The molecule has 0 saturated carbocycles. The first-order valence-electron chi connectivity index (χ1n) is 5.77. The molecule has 7 heteroatoms. The summed E-state index contributed by atoms with van der Waals surface area (Å²) in [5.41, 5.74) is 2.11. The van der Waals surface area contributed by atoms with Crippen LogP contribution in [0.25, 0.3) is 17.2 Å². The summed E-state index contributed by atoms with van der Waals surface area (Å²) in [7, 11) is 0. The molecule has 100 valence electrons. The van der Waals surface area contributed by atoms with Crippen molar-refractivity contribution < 1.29 is 4.79 Å². The van der Waals surface area contributed by atoms with Crippen LogP contribution < -0.4 is 0 Å². The standard InChI is InChI=1S/C13H9BrN4OS/c1-8-10(5-11(14)20-8)12-9(7-19)6-18(17-12)13-15-3-2-4-16-13/h2-7H,1H3. The van der Waals surface area contributed by atoms with Crippen molar-refractivity contribution in [3.05, 3.63) is 45.0 Å². The molecule has 0 unspecified atom stereocenters. The molecule has 0 N–H and O–H groups in total. The van der Waals surface area contributed by atoms with Crippen LogP contribution in [0.3, 0.4) is 0 Å². The lowest BCUT2D eigenvalue weighted by atomic mass is 10.1. The quantitative estimate of drug-likeness (QED) is 0.681. The van der Waals surface area contributed by atoms with E-state index in [4.69, 9.17) is 0 Å². The Kier molecular flexibility index (Phi) is 3.45. The van der Waals surface area contributed by atoms with E-state index in [9.17, 15) is 4.79 Å². The first-order valence-corrected chi connectivity index (χ1v) is 7.38. The molecule has 0 fully saturated rings. The van der Waals surface area contributed by atoms with E-state index in [0.717, 1.165) is 20.5 Å². The average molecular weight is 349 g/mol. The first kappa shape index (κ1) is 13.1. The fraction of sp³-hybridized carbons (Fsp3) is 0.0769. The molecule has 5 nitrogen and oxygen atoms in total. The number of thiophene rings is 1. The van der Waals surface area contributed by atoms with Crippen LogP contribution in [-0.4, -0.2) is 26.0 Å². The second kappa shape index (κ2) is 5.26. The van der Waals surface area contributed by atoms with Crippen molar-refractivity contribution in [2.45, 2.75) is 6.92 Å². The van der Waals surface area contributed by atoms with Gasteiger partial charge in [0.15, 0.2) is 6.29 Å². The van der Waals surface area contributed by atoms with Crippen LogP contribution in [0.15, 0.2) is 34.5 Å². The highest BCUT2D eigenvalue weighted by molar-refractivity contribution is 9.11. The molecular formula is C13H9BrN4OS. The van der Waals surface area contributed by atoms with Crippen LogP contribution >= 0.6 is 27.3 Å². The Bertz CT molecular complexity index is 766. The summed E-state index contributed by atoms with van der Waals surface area (Å²) in [5.74, 6) is 0.439. The van der Waals surface area contributed by atoms with Gasteiger partial charge in [-0.3, -0.25) is 4.79 Å². The number of nitrogens with zero attached hydrogens (tertiary/aromatic N) is 4. The van der Waals surface area contributed by atoms with E-state index in [0.29, 0.717) is 17.2 Å². The third kappa shape index (κ3) is 2.30. The highest BCUT2D eigenvalue weighted by Crippen LogP contribution is 2.34. The molecule has 0 aromatic carbocycles. The summed E-state index contributed by atoms with van der Waals surface area (Å²) in [6.07, 6.45) is 5.71. The van der Waals surface area contributed by atoms with Crippen molar-refractivity contribution in [1.29, 1.82) is 0 Å². The van der Waals surface area contributed by atoms with Crippen LogP contribution in [0, 0.1) is 6.92 Å². The molecule has 0 spiro atoms. The molecule has 0 aliphatic heterocycles. The van der Waals surface area contributed by atoms with Crippen molar-refractivity contribution in [3.63, 3.8) is 0 Å². The monoisotopic (exact) mass is 348 g/mol. The van der Waals surface area contributed by atoms with Crippen LogP contribution in [0.5, 0.6) is 0 Å². The number of carbonyl (C=O) groups excluding carboxylic acids is 1. The normalized spacial score (nSPS) is 10.7. The van der Waals surface area contributed by atoms with Crippen molar-refractivity contribution in [2.24, 2.45) is 0 Å². The Balaban J connectivity index is 2.15. The molecule has 3 aromatic rings. The molecule has 0 atom stereocenters. The van der Waals surface area contributed by atoms with Gasteiger partial charge in [0.05, 0.1) is 9.35 Å². The second-order valence-corrected chi connectivity index (χ2v) is 6.70. The van der Waals surface area contributed by atoms with Crippen molar-refractivity contribution in [1.82, 2.24) is 19.7 Å². The van der Waals surface area contributed by atoms with Gasteiger partial charge in [-0.1, -0.05) is 0 Å². The van der Waals surface area contributed by atoms with Crippen LogP contribution in [-0.2, 0) is 0 Å². The maximum atomic E-state index is 11.3.